The second-order valence-corrected chi connectivity index (χ2v) is 5.95. The molecule has 0 aliphatic heterocycles. The van der Waals surface area contributed by atoms with E-state index in [2.05, 4.69) is 31.3 Å². The number of fused-ring (bicyclic) bond motifs is 1. The molecule has 1 N–H and O–H groups in total. The summed E-state index contributed by atoms with van der Waals surface area (Å²) in [6, 6.07) is 3.74. The molecule has 0 bridgehead atoms. The summed E-state index contributed by atoms with van der Waals surface area (Å²) < 4.78 is 1.70. The van der Waals surface area contributed by atoms with Gasteiger partial charge in [0.25, 0.3) is 17.3 Å². The van der Waals surface area contributed by atoms with Crippen LogP contribution in [0.25, 0.3) is 5.65 Å². The Labute approximate surface area is 153 Å². The maximum Gasteiger partial charge on any atom is 0.281 e. The average molecular weight is 421 g/mol. The van der Waals surface area contributed by atoms with Gasteiger partial charge in [-0.3, -0.25) is 25.0 Å². The first-order valence-corrected chi connectivity index (χ1v) is 7.82. The molecule has 0 radical (unpaired) electrons. The molecule has 1 amide bonds. The first-order valence-electron chi connectivity index (χ1n) is 7.03. The van der Waals surface area contributed by atoms with Crippen molar-refractivity contribution in [1.29, 1.82) is 0 Å². The van der Waals surface area contributed by atoms with Crippen molar-refractivity contribution in [3.8, 4) is 0 Å². The molecule has 0 aliphatic rings. The van der Waals surface area contributed by atoms with Crippen LogP contribution in [-0.2, 0) is 0 Å². The van der Waals surface area contributed by atoms with Crippen LogP contribution < -0.4 is 5.32 Å². The lowest BCUT2D eigenvalue weighted by atomic mass is 10.1. The van der Waals surface area contributed by atoms with E-state index in [1.165, 1.54) is 17.6 Å². The Morgan fingerprint density at radius 2 is 1.85 bits per heavy atom. The summed E-state index contributed by atoms with van der Waals surface area (Å²) in [6.45, 7) is 1.27. The third-order valence-corrected chi connectivity index (χ3v) is 4.29. The number of rotatable bonds is 4. The number of anilines is 1. The van der Waals surface area contributed by atoms with Gasteiger partial charge < -0.3 is 5.32 Å². The molecule has 132 valence electrons. The van der Waals surface area contributed by atoms with Gasteiger partial charge in [0.1, 0.15) is 5.56 Å². The van der Waals surface area contributed by atoms with Crippen molar-refractivity contribution in [3.63, 3.8) is 0 Å². The second kappa shape index (κ2) is 6.48. The van der Waals surface area contributed by atoms with Crippen LogP contribution in [0.3, 0.4) is 0 Å². The number of nitrogens with one attached hydrogen (secondary N) is 1. The summed E-state index contributed by atoms with van der Waals surface area (Å²) >= 11 is 3.23. The van der Waals surface area contributed by atoms with Crippen LogP contribution in [0.4, 0.5) is 17.1 Å². The van der Waals surface area contributed by atoms with Crippen LogP contribution in [0.1, 0.15) is 16.1 Å². The summed E-state index contributed by atoms with van der Waals surface area (Å²) in [5.41, 5.74) is -0.740. The highest BCUT2D eigenvalue weighted by Crippen LogP contribution is 2.32. The quantitative estimate of drug-likeness (QED) is 0.503. The number of hydrogen-bond donors (Lipinski definition) is 1. The van der Waals surface area contributed by atoms with Crippen molar-refractivity contribution < 1.29 is 14.6 Å². The number of halogens is 1. The largest absolute Gasteiger partial charge is 0.320 e. The predicted octanol–water partition coefficient (Wildman–Crippen LogP) is 2.87. The van der Waals surface area contributed by atoms with E-state index in [0.717, 1.165) is 12.1 Å². The molecule has 11 nitrogen and oxygen atoms in total. The minimum Gasteiger partial charge on any atom is -0.320 e. The molecule has 2 heterocycles. The summed E-state index contributed by atoms with van der Waals surface area (Å²) in [5.74, 6) is -0.699. The van der Waals surface area contributed by atoms with Crippen LogP contribution in [0.2, 0.25) is 0 Å². The summed E-state index contributed by atoms with van der Waals surface area (Å²) in [6.07, 6.45) is 3.11. The van der Waals surface area contributed by atoms with E-state index < -0.39 is 27.1 Å². The van der Waals surface area contributed by atoms with Gasteiger partial charge in [-0.1, -0.05) is 0 Å². The van der Waals surface area contributed by atoms with E-state index in [4.69, 9.17) is 0 Å². The number of aromatic nitrogens is 3. The highest BCUT2D eigenvalue weighted by molar-refractivity contribution is 9.10. The Hall–Kier alpha value is -3.41. The molecule has 0 aliphatic carbocycles. The number of carbonyl (C=O) groups excluding carboxylic acids is 1. The average Bonchev–Trinajstić information content (AvgIpc) is 2.93. The van der Waals surface area contributed by atoms with Gasteiger partial charge >= 0.3 is 0 Å². The Kier molecular flexibility index (Phi) is 4.34. The zero-order valence-corrected chi connectivity index (χ0v) is 14.6. The van der Waals surface area contributed by atoms with Crippen molar-refractivity contribution in [2.45, 2.75) is 6.92 Å². The molecule has 0 atom stereocenters. The standard InChI is InChI=1S/C14H9BrN6O5/c1-7-9(20(23)24)5-8(6-10(7)21(25)26)17-14(22)12-11(15)13-16-3-2-4-19(13)18-12/h2-6H,1H3,(H,17,22). The van der Waals surface area contributed by atoms with Gasteiger partial charge in [0.05, 0.1) is 20.0 Å². The minimum atomic E-state index is -0.747. The fourth-order valence-corrected chi connectivity index (χ4v) is 2.87. The summed E-state index contributed by atoms with van der Waals surface area (Å²) in [7, 11) is 0. The van der Waals surface area contributed by atoms with E-state index in [-0.39, 0.29) is 16.9 Å². The van der Waals surface area contributed by atoms with E-state index in [1.54, 1.807) is 12.3 Å². The highest BCUT2D eigenvalue weighted by Gasteiger charge is 2.25. The zero-order valence-electron chi connectivity index (χ0n) is 13.0. The van der Waals surface area contributed by atoms with Crippen LogP contribution in [0.15, 0.2) is 35.1 Å². The molecule has 0 spiro atoms. The van der Waals surface area contributed by atoms with Crippen LogP contribution >= 0.6 is 15.9 Å². The number of hydrogen-bond acceptors (Lipinski definition) is 7. The number of nitro benzene ring substituents is 2. The van der Waals surface area contributed by atoms with E-state index in [1.807, 2.05) is 0 Å². The first kappa shape index (κ1) is 17.4. The third-order valence-electron chi connectivity index (χ3n) is 3.56. The van der Waals surface area contributed by atoms with Gasteiger partial charge in [0.15, 0.2) is 11.3 Å². The minimum absolute atomic E-state index is 0.0189. The van der Waals surface area contributed by atoms with E-state index in [9.17, 15) is 25.0 Å². The lowest BCUT2D eigenvalue weighted by Gasteiger charge is -2.06. The Morgan fingerprint density at radius 1 is 1.23 bits per heavy atom. The topological polar surface area (TPSA) is 146 Å². The van der Waals surface area contributed by atoms with E-state index in [0.29, 0.717) is 10.1 Å². The fourth-order valence-electron chi connectivity index (χ4n) is 2.33. The molecule has 3 aromatic rings. The Morgan fingerprint density at radius 3 is 2.38 bits per heavy atom. The smallest absolute Gasteiger partial charge is 0.281 e. The van der Waals surface area contributed by atoms with Crippen molar-refractivity contribution in [1.82, 2.24) is 14.6 Å². The monoisotopic (exact) mass is 420 g/mol. The van der Waals surface area contributed by atoms with E-state index >= 15 is 0 Å². The van der Waals surface area contributed by atoms with Gasteiger partial charge in [0.2, 0.25) is 0 Å². The number of nitro groups is 2. The lowest BCUT2D eigenvalue weighted by Crippen LogP contribution is -2.14. The number of amides is 1. The fraction of sp³-hybridized carbons (Fsp3) is 0.0714. The maximum atomic E-state index is 12.5. The highest BCUT2D eigenvalue weighted by atomic mass is 79.9. The molecule has 26 heavy (non-hydrogen) atoms. The lowest BCUT2D eigenvalue weighted by molar-refractivity contribution is -0.395. The van der Waals surface area contributed by atoms with Gasteiger partial charge in [0, 0.05) is 24.5 Å². The number of carbonyl (C=O) groups is 1. The van der Waals surface area contributed by atoms with Gasteiger partial charge in [-0.15, -0.1) is 0 Å². The van der Waals surface area contributed by atoms with Crippen molar-refractivity contribution >= 4 is 44.5 Å². The molecular weight excluding hydrogens is 412 g/mol. The summed E-state index contributed by atoms with van der Waals surface area (Å²) in [4.78, 5) is 37.3. The second-order valence-electron chi connectivity index (χ2n) is 5.16. The van der Waals surface area contributed by atoms with Crippen molar-refractivity contribution in [2.75, 3.05) is 5.32 Å². The van der Waals surface area contributed by atoms with Crippen LogP contribution in [-0.4, -0.2) is 30.4 Å². The van der Waals surface area contributed by atoms with Crippen molar-refractivity contribution in [2.24, 2.45) is 0 Å². The first-order chi connectivity index (χ1) is 12.3. The molecule has 1 aromatic carbocycles. The molecular formula is C14H9BrN6O5. The molecule has 0 saturated carbocycles. The van der Waals surface area contributed by atoms with Gasteiger partial charge in [-0.25, -0.2) is 9.50 Å². The van der Waals surface area contributed by atoms with Crippen molar-refractivity contribution in [3.05, 3.63) is 66.6 Å². The maximum absolute atomic E-state index is 12.5. The van der Waals surface area contributed by atoms with Crippen LogP contribution in [0, 0.1) is 27.2 Å². The number of benzene rings is 1. The molecule has 12 heteroatoms. The Bertz CT molecular complexity index is 1040. The molecule has 3 rings (SSSR count). The molecule has 0 fully saturated rings. The Balaban J connectivity index is 2.02. The summed E-state index contributed by atoms with van der Waals surface area (Å²) in [5, 5.41) is 28.7. The normalized spacial score (nSPS) is 10.7. The third kappa shape index (κ3) is 2.97. The molecule has 0 saturated heterocycles. The zero-order chi connectivity index (χ0) is 19.0. The number of nitrogens with zero attached hydrogens (tertiary/aromatic N) is 5. The van der Waals surface area contributed by atoms with Gasteiger partial charge in [-0.2, -0.15) is 5.10 Å². The van der Waals surface area contributed by atoms with Crippen LogP contribution in [0.5, 0.6) is 0 Å². The molecule has 0 unspecified atom stereocenters. The molecule has 2 aromatic heterocycles. The SMILES string of the molecule is Cc1c([N+](=O)[O-])cc(NC(=O)c2nn3cccnc3c2Br)cc1[N+](=O)[O-]. The predicted molar refractivity (Wildman–Crippen MR) is 93.1 cm³/mol. The van der Waals surface area contributed by atoms with Gasteiger partial charge in [-0.05, 0) is 28.9 Å².